The Bertz CT molecular complexity index is 179. The maximum Gasteiger partial charge on any atom is 0 e. The Hall–Kier alpha value is -0.219. The minimum absolute atomic E-state index is 0. The van der Waals surface area contributed by atoms with E-state index in [0.717, 1.165) is 5.69 Å². The second-order valence-corrected chi connectivity index (χ2v) is 3.15. The number of imidazole rings is 1. The van der Waals surface area contributed by atoms with Crippen molar-refractivity contribution in [3.63, 3.8) is 0 Å². The van der Waals surface area contributed by atoms with Crippen LogP contribution in [0.4, 0.5) is 0 Å². The molecule has 0 saturated heterocycles. The number of aromatic nitrogens is 2. The number of aromatic amines is 1. The van der Waals surface area contributed by atoms with Crippen molar-refractivity contribution in [1.29, 1.82) is 0 Å². The summed E-state index contributed by atoms with van der Waals surface area (Å²) >= 11 is 0. The Kier molecular flexibility index (Phi) is 5.61. The summed E-state index contributed by atoms with van der Waals surface area (Å²) in [6, 6.07) is 0. The molecule has 65 valence electrons. The van der Waals surface area contributed by atoms with Crippen molar-refractivity contribution in [3.05, 3.63) is 18.2 Å². The van der Waals surface area contributed by atoms with Gasteiger partial charge in [-0.1, -0.05) is 31.9 Å². The molecule has 1 N–H and O–H groups in total. The summed E-state index contributed by atoms with van der Waals surface area (Å²) in [6.07, 6.45) is 4.54. The molecule has 2 nitrogen and oxygen atoms in total. The first-order valence-corrected chi connectivity index (χ1v) is 3.02. The molecule has 0 bridgehead atoms. The Balaban J connectivity index is 0. The van der Waals surface area contributed by atoms with Crippen LogP contribution >= 0.6 is 0 Å². The monoisotopic (exact) mass is 330 g/mol. The molecule has 0 aliphatic heterocycles. The molecule has 0 saturated carbocycles. The largest absolute Gasteiger partial charge is 0.467 e. The maximum atomic E-state index is 4.01. The van der Waals surface area contributed by atoms with Gasteiger partial charge >= 0.3 is 0 Å². The molecule has 11 heavy (non-hydrogen) atoms. The predicted molar refractivity (Wildman–Crippen MR) is 36.1 cm³/mol. The van der Waals surface area contributed by atoms with Crippen LogP contribution in [0.2, 0.25) is 0 Å². The minimum Gasteiger partial charge on any atom is -0.467 e. The van der Waals surface area contributed by atoms with Gasteiger partial charge in [0.1, 0.15) is 0 Å². The quantitative estimate of drug-likeness (QED) is 0.718. The number of nitrogens with one attached hydrogen (secondary N) is 1. The van der Waals surface area contributed by atoms with Gasteiger partial charge in [-0.2, -0.15) is 0 Å². The van der Waals surface area contributed by atoms with Crippen LogP contribution in [0.3, 0.4) is 0 Å². The maximum absolute atomic E-state index is 4.01. The standard InChI is InChI=1S/C7H11N2.Ne.Re/c1-7(2,3)6-4-8-5-9-6;;/h4H,1-3H3,(H,8,9);;/q-1;;. The molecule has 0 atom stereocenters. The average molecular weight is 330 g/mol. The molecular formula is C7H11N2NeRe-. The van der Waals surface area contributed by atoms with E-state index in [0.29, 0.717) is 0 Å². The van der Waals surface area contributed by atoms with Gasteiger partial charge in [0.25, 0.3) is 0 Å². The Morgan fingerprint density at radius 1 is 1.45 bits per heavy atom. The summed E-state index contributed by atoms with van der Waals surface area (Å²) in [6.45, 7) is 6.37. The van der Waals surface area contributed by atoms with Crippen LogP contribution in [-0.4, -0.2) is 9.97 Å². The van der Waals surface area contributed by atoms with E-state index < -0.39 is 0 Å². The number of rotatable bonds is 0. The van der Waals surface area contributed by atoms with Gasteiger partial charge in [-0.3, -0.25) is 0 Å². The van der Waals surface area contributed by atoms with Gasteiger partial charge in [0.05, 0.1) is 0 Å². The molecule has 1 heterocycles. The normalized spacial score (nSPS) is 9.73. The molecule has 0 amide bonds. The third kappa shape index (κ3) is 3.63. The fraction of sp³-hybridized carbons (Fsp3) is 0.571. The number of H-pyrrole nitrogens is 1. The zero-order valence-electron chi connectivity index (χ0n) is 6.76. The Labute approximate surface area is 81.2 Å². The zero-order chi connectivity index (χ0) is 6.91. The van der Waals surface area contributed by atoms with Crippen molar-refractivity contribution < 1.29 is 26.6 Å². The Morgan fingerprint density at radius 3 is 2.18 bits per heavy atom. The zero-order valence-corrected chi connectivity index (χ0v) is 9.47. The topological polar surface area (TPSA) is 28.7 Å². The third-order valence-corrected chi connectivity index (χ3v) is 1.22. The smallest absolute Gasteiger partial charge is 0 e. The Morgan fingerprint density at radius 2 is 2.00 bits per heavy atom. The van der Waals surface area contributed by atoms with E-state index in [4.69, 9.17) is 0 Å². The molecule has 0 aromatic carbocycles. The van der Waals surface area contributed by atoms with Gasteiger partial charge in [0.15, 0.2) is 0 Å². The van der Waals surface area contributed by atoms with Crippen molar-refractivity contribution in [2.45, 2.75) is 26.2 Å². The summed E-state index contributed by atoms with van der Waals surface area (Å²) in [7, 11) is 0. The summed E-state index contributed by atoms with van der Waals surface area (Å²) in [4.78, 5) is 6.81. The second-order valence-electron chi connectivity index (χ2n) is 3.15. The number of hydrogen-bond acceptors (Lipinski definition) is 1. The van der Waals surface area contributed by atoms with E-state index in [9.17, 15) is 0 Å². The van der Waals surface area contributed by atoms with E-state index in [1.807, 2.05) is 6.20 Å². The predicted octanol–water partition coefficient (Wildman–Crippen LogP) is 1.50. The van der Waals surface area contributed by atoms with Crippen LogP contribution in [0.15, 0.2) is 6.20 Å². The first-order chi connectivity index (χ1) is 4.11. The molecule has 4 heteroatoms. The van der Waals surface area contributed by atoms with Gasteiger partial charge < -0.3 is 9.97 Å². The fourth-order valence-corrected chi connectivity index (χ4v) is 0.610. The summed E-state index contributed by atoms with van der Waals surface area (Å²) in [5.41, 5.74) is 1.21. The molecule has 1 radical (unpaired) electrons. The van der Waals surface area contributed by atoms with E-state index in [-0.39, 0.29) is 32.0 Å². The number of nitrogens with zero attached hydrogens (tertiary/aromatic N) is 1. The van der Waals surface area contributed by atoms with Crippen molar-refractivity contribution in [2.75, 3.05) is 0 Å². The third-order valence-electron chi connectivity index (χ3n) is 1.22. The molecule has 0 unspecified atom stereocenters. The summed E-state index contributed by atoms with van der Waals surface area (Å²) in [5, 5.41) is 0. The first-order valence-electron chi connectivity index (χ1n) is 3.02. The van der Waals surface area contributed by atoms with E-state index in [1.54, 1.807) is 0 Å². The van der Waals surface area contributed by atoms with Gasteiger partial charge in [-0.05, 0) is 6.33 Å². The second kappa shape index (κ2) is 4.62. The summed E-state index contributed by atoms with van der Waals surface area (Å²) < 4.78 is 0. The van der Waals surface area contributed by atoms with Crippen molar-refractivity contribution in [1.82, 2.24) is 9.97 Å². The molecule has 1 rings (SSSR count). The van der Waals surface area contributed by atoms with Gasteiger partial charge in [-0.15, -0.1) is 6.20 Å². The van der Waals surface area contributed by atoms with Crippen molar-refractivity contribution in [2.24, 2.45) is 0 Å². The summed E-state index contributed by atoms with van der Waals surface area (Å²) in [5.74, 6) is 0. The van der Waals surface area contributed by atoms with Crippen LogP contribution in [0.25, 0.3) is 0 Å². The first kappa shape index (κ1) is 13.4. The molecule has 0 spiro atoms. The van der Waals surface area contributed by atoms with Crippen LogP contribution in [0, 0.1) is 12.5 Å². The van der Waals surface area contributed by atoms with Crippen molar-refractivity contribution in [3.8, 4) is 0 Å². The minimum atomic E-state index is 0. The molecule has 1 aromatic rings. The fourth-order valence-electron chi connectivity index (χ4n) is 0.610. The van der Waals surface area contributed by atoms with Gasteiger partial charge in [0.2, 0.25) is 0 Å². The molecule has 0 aliphatic rings. The molecule has 1 aromatic heterocycles. The number of hydrogen-bond donors (Lipinski definition) is 1. The molecular weight excluding hydrogens is 318 g/mol. The van der Waals surface area contributed by atoms with E-state index >= 15 is 0 Å². The molecule has 0 aliphatic carbocycles. The van der Waals surface area contributed by atoms with Crippen molar-refractivity contribution >= 4 is 0 Å². The van der Waals surface area contributed by atoms with Crippen LogP contribution in [0.5, 0.6) is 0 Å². The van der Waals surface area contributed by atoms with Crippen LogP contribution in [0.1, 0.15) is 26.5 Å². The van der Waals surface area contributed by atoms with Gasteiger partial charge in [-0.25, -0.2) is 0 Å². The van der Waals surface area contributed by atoms with E-state index in [1.165, 1.54) is 0 Å². The SMILES string of the molecule is CC(C)(C)c1c[nH][c-]n1.[Ne].[Re]. The van der Waals surface area contributed by atoms with Crippen LogP contribution < -0.4 is 0 Å². The van der Waals surface area contributed by atoms with Gasteiger partial charge in [0, 0.05) is 26.6 Å². The van der Waals surface area contributed by atoms with Crippen LogP contribution in [-0.2, 0) is 25.8 Å². The molecule has 0 fully saturated rings. The average Bonchev–Trinajstić information content (AvgIpc) is 2.08. The van der Waals surface area contributed by atoms with E-state index in [2.05, 4.69) is 37.1 Å².